The van der Waals surface area contributed by atoms with E-state index in [1.54, 1.807) is 0 Å². The van der Waals surface area contributed by atoms with Gasteiger partial charge in [0, 0.05) is 13.1 Å². The maximum absolute atomic E-state index is 12.2. The molecule has 0 spiro atoms. The average molecular weight is 327 g/mol. The Morgan fingerprint density at radius 1 is 1.52 bits per heavy atom. The molecule has 112 valence electrons. The first kappa shape index (κ1) is 15.6. The highest BCUT2D eigenvalue weighted by atomic mass is 35.5. The summed E-state index contributed by atoms with van der Waals surface area (Å²) in [6.45, 7) is 2.43. The Hall–Kier alpha value is -1.77. The van der Waals surface area contributed by atoms with Crippen LogP contribution in [0.5, 0.6) is 0 Å². The summed E-state index contributed by atoms with van der Waals surface area (Å²) in [6, 6.07) is 1.83. The molecule has 2 aromatic rings. The van der Waals surface area contributed by atoms with Crippen molar-refractivity contribution in [3.63, 3.8) is 0 Å². The predicted molar refractivity (Wildman–Crippen MR) is 82.2 cm³/mol. The quantitative estimate of drug-likeness (QED) is 0.812. The van der Waals surface area contributed by atoms with E-state index in [4.69, 9.17) is 0 Å². The molecule has 21 heavy (non-hydrogen) atoms. The van der Waals surface area contributed by atoms with Crippen molar-refractivity contribution in [1.29, 1.82) is 0 Å². The van der Waals surface area contributed by atoms with Crippen LogP contribution in [-0.2, 0) is 0 Å². The normalized spacial score (nSPS) is 14.2. The molecule has 2 N–H and O–H groups in total. The number of tetrazole rings is 1. The topological polar surface area (TPSA) is 84.7 Å². The number of nitrogens with one attached hydrogen (secondary N) is 2. The fourth-order valence-corrected chi connectivity index (χ4v) is 2.82. The summed E-state index contributed by atoms with van der Waals surface area (Å²) in [5.41, 5.74) is 1.97. The SMILES string of the molecule is Cl.O=C(NCC1=CCNCC1)c1sccc1-n1cnnn1. The lowest BCUT2D eigenvalue weighted by atomic mass is 10.1. The molecule has 1 amide bonds. The molecule has 0 bridgehead atoms. The molecule has 0 fully saturated rings. The van der Waals surface area contributed by atoms with Crippen LogP contribution in [0, 0.1) is 0 Å². The first-order valence-corrected chi connectivity index (χ1v) is 7.20. The van der Waals surface area contributed by atoms with Crippen LogP contribution in [0.4, 0.5) is 0 Å². The van der Waals surface area contributed by atoms with Crippen molar-refractivity contribution < 1.29 is 4.79 Å². The predicted octanol–water partition coefficient (Wildman–Crippen LogP) is 0.795. The molecular weight excluding hydrogens is 312 g/mol. The number of hydrogen-bond acceptors (Lipinski definition) is 6. The smallest absolute Gasteiger partial charge is 0.263 e. The zero-order valence-electron chi connectivity index (χ0n) is 11.2. The van der Waals surface area contributed by atoms with Crippen LogP contribution < -0.4 is 10.6 Å². The first-order valence-electron chi connectivity index (χ1n) is 6.32. The van der Waals surface area contributed by atoms with Gasteiger partial charge in [-0.2, -0.15) is 4.68 Å². The van der Waals surface area contributed by atoms with Crippen molar-refractivity contribution in [2.24, 2.45) is 0 Å². The van der Waals surface area contributed by atoms with Crippen LogP contribution in [0.2, 0.25) is 0 Å². The number of hydrogen-bond donors (Lipinski definition) is 2. The molecule has 2 aromatic heterocycles. The third kappa shape index (κ3) is 3.66. The van der Waals surface area contributed by atoms with Crippen molar-refractivity contribution in [3.8, 4) is 5.69 Å². The molecule has 9 heteroatoms. The Bertz CT molecular complexity index is 623. The Labute approximate surface area is 131 Å². The van der Waals surface area contributed by atoms with Crippen LogP contribution in [-0.4, -0.2) is 45.7 Å². The lowest BCUT2D eigenvalue weighted by molar-refractivity contribution is 0.0960. The van der Waals surface area contributed by atoms with Crippen molar-refractivity contribution in [2.75, 3.05) is 19.6 Å². The highest BCUT2D eigenvalue weighted by molar-refractivity contribution is 7.12. The summed E-state index contributed by atoms with van der Waals surface area (Å²) >= 11 is 1.38. The number of nitrogens with zero attached hydrogens (tertiary/aromatic N) is 4. The van der Waals surface area contributed by atoms with Crippen molar-refractivity contribution in [1.82, 2.24) is 30.8 Å². The standard InChI is InChI=1S/C12H14N6OS.ClH/c19-12(14-7-9-1-4-13-5-2-9)11-10(3-6-20-11)18-8-15-16-17-18;/h1,3,6,8,13H,2,4-5,7H2,(H,14,19);1H. The molecule has 1 aliphatic heterocycles. The minimum absolute atomic E-state index is 0. The molecule has 0 saturated heterocycles. The summed E-state index contributed by atoms with van der Waals surface area (Å²) in [5.74, 6) is -0.0927. The molecule has 0 aliphatic carbocycles. The Morgan fingerprint density at radius 2 is 2.43 bits per heavy atom. The Morgan fingerprint density at radius 3 is 3.14 bits per heavy atom. The van der Waals surface area contributed by atoms with Gasteiger partial charge in [-0.05, 0) is 34.8 Å². The van der Waals surface area contributed by atoms with Gasteiger partial charge in [-0.25, -0.2) is 0 Å². The fraction of sp³-hybridized carbons (Fsp3) is 0.333. The number of carbonyl (C=O) groups excluding carboxylic acids is 1. The fourth-order valence-electron chi connectivity index (χ4n) is 2.03. The molecule has 0 atom stereocenters. The van der Waals surface area contributed by atoms with E-state index in [1.165, 1.54) is 27.9 Å². The lowest BCUT2D eigenvalue weighted by Crippen LogP contribution is -2.29. The first-order chi connectivity index (χ1) is 9.84. The molecular formula is C12H15ClN6OS. The van der Waals surface area contributed by atoms with Gasteiger partial charge in [-0.3, -0.25) is 4.79 Å². The van der Waals surface area contributed by atoms with Gasteiger partial charge in [0.1, 0.15) is 11.2 Å². The minimum Gasteiger partial charge on any atom is -0.348 e. The van der Waals surface area contributed by atoms with Gasteiger partial charge >= 0.3 is 0 Å². The van der Waals surface area contributed by atoms with E-state index in [0.29, 0.717) is 17.1 Å². The van der Waals surface area contributed by atoms with E-state index in [0.717, 1.165) is 19.5 Å². The highest BCUT2D eigenvalue weighted by Gasteiger charge is 2.15. The number of rotatable bonds is 4. The third-order valence-corrected chi connectivity index (χ3v) is 3.98. The molecule has 3 heterocycles. The van der Waals surface area contributed by atoms with Crippen LogP contribution in [0.25, 0.3) is 5.69 Å². The van der Waals surface area contributed by atoms with Gasteiger partial charge in [0.15, 0.2) is 0 Å². The second-order valence-corrected chi connectivity index (χ2v) is 5.30. The molecule has 0 saturated carbocycles. The van der Waals surface area contributed by atoms with Gasteiger partial charge in [-0.1, -0.05) is 11.6 Å². The third-order valence-electron chi connectivity index (χ3n) is 3.08. The van der Waals surface area contributed by atoms with Gasteiger partial charge in [0.25, 0.3) is 5.91 Å². The largest absolute Gasteiger partial charge is 0.348 e. The van der Waals surface area contributed by atoms with Gasteiger partial charge in [-0.15, -0.1) is 28.8 Å². The molecule has 0 radical (unpaired) electrons. The van der Waals surface area contributed by atoms with Gasteiger partial charge < -0.3 is 10.6 Å². The van der Waals surface area contributed by atoms with E-state index in [2.05, 4.69) is 32.2 Å². The summed E-state index contributed by atoms with van der Waals surface area (Å²) < 4.78 is 1.50. The van der Waals surface area contributed by atoms with Crippen LogP contribution >= 0.6 is 23.7 Å². The average Bonchev–Trinajstić information content (AvgIpc) is 3.15. The second-order valence-electron chi connectivity index (χ2n) is 4.39. The van der Waals surface area contributed by atoms with Crippen LogP contribution in [0.15, 0.2) is 29.4 Å². The zero-order chi connectivity index (χ0) is 13.8. The minimum atomic E-state index is -0.0927. The van der Waals surface area contributed by atoms with E-state index < -0.39 is 0 Å². The molecule has 7 nitrogen and oxygen atoms in total. The molecule has 3 rings (SSSR count). The molecule has 1 aliphatic rings. The second kappa shape index (κ2) is 7.30. The van der Waals surface area contributed by atoms with E-state index in [-0.39, 0.29) is 18.3 Å². The molecule has 0 aromatic carbocycles. The van der Waals surface area contributed by atoms with Crippen molar-refractivity contribution in [3.05, 3.63) is 34.3 Å². The Kier molecular flexibility index (Phi) is 5.43. The van der Waals surface area contributed by atoms with Crippen LogP contribution in [0.1, 0.15) is 16.1 Å². The summed E-state index contributed by atoms with van der Waals surface area (Å²) in [6.07, 6.45) is 4.58. The monoisotopic (exact) mass is 326 g/mol. The van der Waals surface area contributed by atoms with Crippen molar-refractivity contribution in [2.45, 2.75) is 6.42 Å². The maximum Gasteiger partial charge on any atom is 0.263 e. The number of halogens is 1. The van der Waals surface area contributed by atoms with Gasteiger partial charge in [0.05, 0.1) is 5.69 Å². The number of thiophene rings is 1. The highest BCUT2D eigenvalue weighted by Crippen LogP contribution is 2.19. The number of aromatic nitrogens is 4. The van der Waals surface area contributed by atoms with Crippen molar-refractivity contribution >= 4 is 29.7 Å². The van der Waals surface area contributed by atoms with Crippen LogP contribution in [0.3, 0.4) is 0 Å². The number of amides is 1. The van der Waals surface area contributed by atoms with E-state index in [9.17, 15) is 4.79 Å². The zero-order valence-corrected chi connectivity index (χ0v) is 12.8. The number of carbonyl (C=O) groups is 1. The lowest BCUT2D eigenvalue weighted by Gasteiger charge is -2.14. The summed E-state index contributed by atoms with van der Waals surface area (Å²) in [5, 5.41) is 19.0. The summed E-state index contributed by atoms with van der Waals surface area (Å²) in [4.78, 5) is 12.9. The van der Waals surface area contributed by atoms with E-state index >= 15 is 0 Å². The van der Waals surface area contributed by atoms with Gasteiger partial charge in [0.2, 0.25) is 0 Å². The summed E-state index contributed by atoms with van der Waals surface area (Å²) in [7, 11) is 0. The maximum atomic E-state index is 12.2. The Balaban J connectivity index is 0.00000161. The molecule has 0 unspecified atom stereocenters. The van der Waals surface area contributed by atoms with E-state index in [1.807, 2.05) is 11.4 Å².